The molecule has 0 aliphatic heterocycles. The first-order chi connectivity index (χ1) is 16.1. The van der Waals surface area contributed by atoms with Gasteiger partial charge in [-0.1, -0.05) is 59.8 Å². The predicted octanol–water partition coefficient (Wildman–Crippen LogP) is 5.52. The highest BCUT2D eigenvalue weighted by atomic mass is 35.5. The summed E-state index contributed by atoms with van der Waals surface area (Å²) in [5.41, 5.74) is 2.58. The summed E-state index contributed by atoms with van der Waals surface area (Å²) < 4.78 is 8.02. The first kappa shape index (κ1) is 22.3. The van der Waals surface area contributed by atoms with Crippen LogP contribution in [-0.4, -0.2) is 25.9 Å². The maximum atomic E-state index is 13.0. The van der Waals surface area contributed by atoms with Crippen LogP contribution in [0.15, 0.2) is 53.7 Å². The van der Waals surface area contributed by atoms with E-state index in [-0.39, 0.29) is 23.8 Å². The highest BCUT2D eigenvalue weighted by Gasteiger charge is 2.32. The van der Waals surface area contributed by atoms with E-state index in [1.807, 2.05) is 31.2 Å². The van der Waals surface area contributed by atoms with E-state index < -0.39 is 0 Å². The Morgan fingerprint density at radius 1 is 1.18 bits per heavy atom. The van der Waals surface area contributed by atoms with E-state index in [2.05, 4.69) is 38.3 Å². The summed E-state index contributed by atoms with van der Waals surface area (Å²) >= 11 is 7.67. The molecule has 2 unspecified atom stereocenters. The number of aryl methyl sites for hydroxylation is 1. The van der Waals surface area contributed by atoms with E-state index in [1.54, 1.807) is 6.07 Å². The van der Waals surface area contributed by atoms with Gasteiger partial charge in [0.15, 0.2) is 11.0 Å². The van der Waals surface area contributed by atoms with E-state index in [9.17, 15) is 4.79 Å². The van der Waals surface area contributed by atoms with Crippen LogP contribution in [0.2, 0.25) is 5.02 Å². The lowest BCUT2D eigenvalue weighted by Crippen LogP contribution is -2.36. The van der Waals surface area contributed by atoms with Gasteiger partial charge in [0.1, 0.15) is 12.4 Å². The average molecular weight is 483 g/mol. The maximum Gasteiger partial charge on any atom is 0.233 e. The molecule has 1 fully saturated rings. The van der Waals surface area contributed by atoms with E-state index in [0.717, 1.165) is 43.1 Å². The van der Waals surface area contributed by atoms with Gasteiger partial charge < -0.3 is 10.1 Å². The SMILES string of the molecule is CC(Sc1nnc(COc2ccccc2Cl)n1C1CC1)C(=O)NC1CCCc2ccccc21. The van der Waals surface area contributed by atoms with Gasteiger partial charge in [-0.15, -0.1) is 10.2 Å². The minimum absolute atomic E-state index is 0.0286. The summed E-state index contributed by atoms with van der Waals surface area (Å²) in [6, 6.07) is 16.3. The number of carbonyl (C=O) groups is 1. The minimum atomic E-state index is -0.280. The number of nitrogens with zero attached hydrogens (tertiary/aromatic N) is 3. The van der Waals surface area contributed by atoms with Gasteiger partial charge in [-0.25, -0.2) is 0 Å². The van der Waals surface area contributed by atoms with Crippen molar-refractivity contribution >= 4 is 29.3 Å². The highest BCUT2D eigenvalue weighted by molar-refractivity contribution is 8.00. The van der Waals surface area contributed by atoms with Crippen LogP contribution in [0.4, 0.5) is 0 Å². The molecule has 1 heterocycles. The van der Waals surface area contributed by atoms with Gasteiger partial charge >= 0.3 is 0 Å². The molecule has 0 bridgehead atoms. The summed E-state index contributed by atoms with van der Waals surface area (Å²) in [5, 5.41) is 13.1. The zero-order chi connectivity index (χ0) is 22.8. The number of amides is 1. The van der Waals surface area contributed by atoms with Crippen molar-refractivity contribution in [2.75, 3.05) is 0 Å². The smallest absolute Gasteiger partial charge is 0.233 e. The fourth-order valence-electron chi connectivity index (χ4n) is 4.29. The molecule has 172 valence electrons. The number of ether oxygens (including phenoxy) is 1. The fraction of sp³-hybridized carbons (Fsp3) is 0.400. The number of halogens is 1. The topological polar surface area (TPSA) is 69.0 Å². The van der Waals surface area contributed by atoms with Crippen molar-refractivity contribution < 1.29 is 9.53 Å². The number of hydrogen-bond donors (Lipinski definition) is 1. The number of thioether (sulfide) groups is 1. The lowest BCUT2D eigenvalue weighted by Gasteiger charge is -2.27. The van der Waals surface area contributed by atoms with Crippen molar-refractivity contribution in [2.24, 2.45) is 0 Å². The standard InChI is InChI=1S/C25H27ClN4O2S/c1-16(24(31)27-21-11-6-8-17-7-2-3-9-19(17)21)33-25-29-28-23(30(25)18-13-14-18)15-32-22-12-5-4-10-20(22)26/h2-5,7,9-10,12,16,18,21H,6,8,11,13-15H2,1H3,(H,27,31). The van der Waals surface area contributed by atoms with E-state index in [1.165, 1.54) is 22.9 Å². The Kier molecular flexibility index (Phi) is 6.60. The Labute approximate surface area is 203 Å². The zero-order valence-corrected chi connectivity index (χ0v) is 20.1. The summed E-state index contributed by atoms with van der Waals surface area (Å²) in [4.78, 5) is 13.0. The lowest BCUT2D eigenvalue weighted by atomic mass is 9.88. The van der Waals surface area contributed by atoms with E-state index in [4.69, 9.17) is 16.3 Å². The van der Waals surface area contributed by atoms with Gasteiger partial charge in [-0.2, -0.15) is 0 Å². The largest absolute Gasteiger partial charge is 0.484 e. The van der Waals surface area contributed by atoms with Gasteiger partial charge in [-0.3, -0.25) is 9.36 Å². The van der Waals surface area contributed by atoms with Gasteiger partial charge in [0.25, 0.3) is 0 Å². The molecule has 2 atom stereocenters. The Hall–Kier alpha value is -2.51. The monoisotopic (exact) mass is 482 g/mol. The van der Waals surface area contributed by atoms with Crippen LogP contribution in [0.5, 0.6) is 5.75 Å². The number of aromatic nitrogens is 3. The van der Waals surface area contributed by atoms with Crippen molar-refractivity contribution in [3.63, 3.8) is 0 Å². The van der Waals surface area contributed by atoms with Crippen molar-refractivity contribution in [3.8, 4) is 5.75 Å². The van der Waals surface area contributed by atoms with Crippen LogP contribution < -0.4 is 10.1 Å². The van der Waals surface area contributed by atoms with Crippen LogP contribution in [0.1, 0.15) is 61.6 Å². The molecule has 2 aromatic carbocycles. The fourth-order valence-corrected chi connectivity index (χ4v) is 5.43. The summed E-state index contributed by atoms with van der Waals surface area (Å²) in [7, 11) is 0. The van der Waals surface area contributed by atoms with Crippen LogP contribution in [-0.2, 0) is 17.8 Å². The molecule has 2 aliphatic carbocycles. The number of hydrogen-bond acceptors (Lipinski definition) is 5. The van der Waals surface area contributed by atoms with Gasteiger partial charge in [-0.05, 0) is 62.3 Å². The number of para-hydroxylation sites is 1. The molecule has 0 radical (unpaired) electrons. The molecule has 1 aromatic heterocycles. The molecule has 1 N–H and O–H groups in total. The molecule has 0 spiro atoms. The van der Waals surface area contributed by atoms with Crippen LogP contribution >= 0.6 is 23.4 Å². The van der Waals surface area contributed by atoms with Crippen LogP contribution in [0, 0.1) is 0 Å². The molecule has 5 rings (SSSR count). The van der Waals surface area contributed by atoms with Crippen molar-refractivity contribution in [3.05, 3.63) is 70.5 Å². The zero-order valence-electron chi connectivity index (χ0n) is 18.5. The van der Waals surface area contributed by atoms with Crippen LogP contribution in [0.3, 0.4) is 0 Å². The average Bonchev–Trinajstić information content (AvgIpc) is 3.59. The third-order valence-corrected chi connectivity index (χ3v) is 7.55. The molecule has 3 aromatic rings. The molecular formula is C25H27ClN4O2S. The van der Waals surface area contributed by atoms with Crippen molar-refractivity contribution in [2.45, 2.75) is 68.1 Å². The Bertz CT molecular complexity index is 1150. The van der Waals surface area contributed by atoms with Gasteiger partial charge in [0, 0.05) is 6.04 Å². The quantitative estimate of drug-likeness (QED) is 0.428. The van der Waals surface area contributed by atoms with Gasteiger partial charge in [0.2, 0.25) is 5.91 Å². The van der Waals surface area contributed by atoms with Crippen molar-refractivity contribution in [1.29, 1.82) is 0 Å². The molecule has 6 nitrogen and oxygen atoms in total. The summed E-state index contributed by atoms with van der Waals surface area (Å²) in [6.45, 7) is 2.22. The first-order valence-electron chi connectivity index (χ1n) is 11.5. The predicted molar refractivity (Wildman–Crippen MR) is 130 cm³/mol. The van der Waals surface area contributed by atoms with Gasteiger partial charge in [0.05, 0.1) is 16.3 Å². The number of nitrogens with one attached hydrogen (secondary N) is 1. The van der Waals surface area contributed by atoms with E-state index >= 15 is 0 Å². The van der Waals surface area contributed by atoms with E-state index in [0.29, 0.717) is 16.8 Å². The maximum absolute atomic E-state index is 13.0. The van der Waals surface area contributed by atoms with Crippen molar-refractivity contribution in [1.82, 2.24) is 20.1 Å². The second-order valence-electron chi connectivity index (χ2n) is 8.63. The number of rotatable bonds is 8. The highest BCUT2D eigenvalue weighted by Crippen LogP contribution is 2.40. The summed E-state index contributed by atoms with van der Waals surface area (Å²) in [5.74, 6) is 1.41. The first-order valence-corrected chi connectivity index (χ1v) is 12.7. The second-order valence-corrected chi connectivity index (χ2v) is 10.3. The molecular weight excluding hydrogens is 456 g/mol. The van der Waals surface area contributed by atoms with Crippen LogP contribution in [0.25, 0.3) is 0 Å². The third kappa shape index (κ3) is 5.04. The Morgan fingerprint density at radius 2 is 1.97 bits per heavy atom. The minimum Gasteiger partial charge on any atom is -0.484 e. The number of benzene rings is 2. The molecule has 0 saturated heterocycles. The molecule has 33 heavy (non-hydrogen) atoms. The Balaban J connectivity index is 1.25. The number of fused-ring (bicyclic) bond motifs is 1. The molecule has 1 amide bonds. The second kappa shape index (κ2) is 9.77. The number of carbonyl (C=O) groups excluding carboxylic acids is 1. The molecule has 2 aliphatic rings. The molecule has 8 heteroatoms. The normalized spacial score (nSPS) is 18.4. The summed E-state index contributed by atoms with van der Waals surface area (Å²) in [6.07, 6.45) is 5.32. The Morgan fingerprint density at radius 3 is 2.79 bits per heavy atom. The third-order valence-electron chi connectivity index (χ3n) is 6.18. The molecule has 1 saturated carbocycles. The lowest BCUT2D eigenvalue weighted by molar-refractivity contribution is -0.121.